The molecule has 23 heavy (non-hydrogen) atoms. The number of aliphatic hydroxyl groups excluding tert-OH is 2. The minimum absolute atomic E-state index is 0.0670. The first-order chi connectivity index (χ1) is 10.9. The van der Waals surface area contributed by atoms with Crippen LogP contribution >= 0.6 is 0 Å². The molecule has 3 heteroatoms. The lowest BCUT2D eigenvalue weighted by Crippen LogP contribution is -2.57. The van der Waals surface area contributed by atoms with E-state index in [9.17, 15) is 10.2 Å². The second-order valence-corrected chi connectivity index (χ2v) is 8.84. The Balaban J connectivity index is 1.74. The highest BCUT2D eigenvalue weighted by atomic mass is 16.5. The molecule has 3 nitrogen and oxygen atoms in total. The molecule has 128 valence electrons. The van der Waals surface area contributed by atoms with Gasteiger partial charge >= 0.3 is 0 Å². The van der Waals surface area contributed by atoms with Crippen molar-refractivity contribution in [2.24, 2.45) is 34.5 Å². The third-order valence-electron chi connectivity index (χ3n) is 8.08. The van der Waals surface area contributed by atoms with Crippen LogP contribution < -0.4 is 0 Å². The van der Waals surface area contributed by atoms with E-state index in [-0.39, 0.29) is 23.0 Å². The molecule has 4 aliphatic carbocycles. The van der Waals surface area contributed by atoms with Crippen LogP contribution in [0.1, 0.15) is 46.0 Å². The predicted octanol–water partition coefficient (Wildman–Crippen LogP) is 3.84. The number of methoxy groups -OCH3 is 1. The molecule has 0 saturated heterocycles. The number of allylic oxidation sites excluding steroid dienone is 3. The Labute approximate surface area is 139 Å². The van der Waals surface area contributed by atoms with Crippen molar-refractivity contribution in [1.82, 2.24) is 0 Å². The van der Waals surface area contributed by atoms with E-state index in [1.807, 2.05) is 19.3 Å². The van der Waals surface area contributed by atoms with E-state index in [0.717, 1.165) is 32.1 Å². The van der Waals surface area contributed by atoms with Crippen LogP contribution in [0.4, 0.5) is 0 Å². The smallest absolute Gasteiger partial charge is 0.111 e. The van der Waals surface area contributed by atoms with Gasteiger partial charge in [-0.2, -0.15) is 0 Å². The Bertz CT molecular complexity index is 553. The zero-order valence-electron chi connectivity index (χ0n) is 14.5. The van der Waals surface area contributed by atoms with Crippen molar-refractivity contribution in [2.45, 2.75) is 58.2 Å². The molecule has 3 fully saturated rings. The SMILES string of the molecule is COC1CC2C=C(O)C=C[C@]2(C)[C@@H]2CC[C@]3(C)C(O)CC[C@H]3[C@H]12. The van der Waals surface area contributed by atoms with Crippen molar-refractivity contribution in [3.05, 3.63) is 24.0 Å². The zero-order chi connectivity index (χ0) is 16.4. The topological polar surface area (TPSA) is 49.7 Å². The Morgan fingerprint density at radius 3 is 2.70 bits per heavy atom. The second-order valence-electron chi connectivity index (χ2n) is 8.84. The molecule has 0 aliphatic heterocycles. The first kappa shape index (κ1) is 15.7. The fourth-order valence-electron chi connectivity index (χ4n) is 6.62. The third-order valence-corrected chi connectivity index (χ3v) is 8.08. The van der Waals surface area contributed by atoms with E-state index in [4.69, 9.17) is 4.74 Å². The fraction of sp³-hybridized carbons (Fsp3) is 0.800. The van der Waals surface area contributed by atoms with Gasteiger partial charge in [-0.25, -0.2) is 0 Å². The van der Waals surface area contributed by atoms with Crippen molar-refractivity contribution in [3.63, 3.8) is 0 Å². The Morgan fingerprint density at radius 2 is 1.96 bits per heavy atom. The maximum Gasteiger partial charge on any atom is 0.111 e. The second kappa shape index (κ2) is 5.10. The van der Waals surface area contributed by atoms with Crippen LogP contribution in [0.3, 0.4) is 0 Å². The molecule has 0 aromatic heterocycles. The third kappa shape index (κ3) is 2.02. The van der Waals surface area contributed by atoms with Crippen molar-refractivity contribution >= 4 is 0 Å². The van der Waals surface area contributed by atoms with Crippen molar-refractivity contribution < 1.29 is 14.9 Å². The van der Waals surface area contributed by atoms with Crippen LogP contribution in [0.15, 0.2) is 24.0 Å². The van der Waals surface area contributed by atoms with Crippen LogP contribution in [0.5, 0.6) is 0 Å². The van der Waals surface area contributed by atoms with Gasteiger partial charge in [0, 0.05) is 7.11 Å². The summed E-state index contributed by atoms with van der Waals surface area (Å²) in [6.45, 7) is 4.67. The minimum atomic E-state index is -0.151. The van der Waals surface area contributed by atoms with Gasteiger partial charge in [0.2, 0.25) is 0 Å². The maximum absolute atomic E-state index is 10.6. The van der Waals surface area contributed by atoms with Crippen LogP contribution in [-0.4, -0.2) is 29.5 Å². The Morgan fingerprint density at radius 1 is 1.17 bits per heavy atom. The highest BCUT2D eigenvalue weighted by molar-refractivity contribution is 5.28. The van der Waals surface area contributed by atoms with E-state index in [1.54, 1.807) is 0 Å². The number of aliphatic hydroxyl groups is 2. The highest BCUT2D eigenvalue weighted by Gasteiger charge is 2.61. The normalized spacial score (nSPS) is 54.9. The summed E-state index contributed by atoms with van der Waals surface area (Å²) >= 11 is 0. The molecule has 0 spiro atoms. The number of hydrogen-bond donors (Lipinski definition) is 2. The molecule has 2 N–H and O–H groups in total. The highest BCUT2D eigenvalue weighted by Crippen LogP contribution is 2.65. The number of ether oxygens (including phenoxy) is 1. The minimum Gasteiger partial charge on any atom is -0.508 e. The number of hydrogen-bond acceptors (Lipinski definition) is 3. The fourth-order valence-corrected chi connectivity index (χ4v) is 6.62. The number of rotatable bonds is 1. The van der Waals surface area contributed by atoms with Crippen LogP contribution in [0.25, 0.3) is 0 Å². The van der Waals surface area contributed by atoms with Gasteiger partial charge in [-0.05, 0) is 78.8 Å². The average molecular weight is 318 g/mol. The van der Waals surface area contributed by atoms with Gasteiger partial charge in [-0.3, -0.25) is 0 Å². The summed E-state index contributed by atoms with van der Waals surface area (Å²) in [6.07, 6.45) is 11.6. The molecule has 0 aromatic carbocycles. The largest absolute Gasteiger partial charge is 0.508 e. The van der Waals surface area contributed by atoms with Crippen LogP contribution in [-0.2, 0) is 4.74 Å². The molecule has 4 aliphatic rings. The maximum atomic E-state index is 10.6. The molecular weight excluding hydrogens is 288 g/mol. The monoisotopic (exact) mass is 318 g/mol. The lowest BCUT2D eigenvalue weighted by atomic mass is 9.46. The molecule has 3 unspecified atom stereocenters. The first-order valence-electron chi connectivity index (χ1n) is 9.21. The summed E-state index contributed by atoms with van der Waals surface area (Å²) in [6, 6.07) is 0. The molecule has 0 heterocycles. The van der Waals surface area contributed by atoms with Gasteiger partial charge in [-0.15, -0.1) is 0 Å². The Hall–Kier alpha value is -0.800. The van der Waals surface area contributed by atoms with E-state index >= 15 is 0 Å². The molecule has 0 radical (unpaired) electrons. The summed E-state index contributed by atoms with van der Waals surface area (Å²) in [7, 11) is 1.84. The van der Waals surface area contributed by atoms with Gasteiger partial charge in [0.15, 0.2) is 0 Å². The summed E-state index contributed by atoms with van der Waals surface area (Å²) < 4.78 is 5.96. The summed E-state index contributed by atoms with van der Waals surface area (Å²) in [5.41, 5.74) is 0.179. The summed E-state index contributed by atoms with van der Waals surface area (Å²) in [4.78, 5) is 0. The molecule has 8 atom stereocenters. The van der Waals surface area contributed by atoms with Crippen molar-refractivity contribution in [3.8, 4) is 0 Å². The van der Waals surface area contributed by atoms with Gasteiger partial charge in [0.25, 0.3) is 0 Å². The first-order valence-corrected chi connectivity index (χ1v) is 9.21. The quantitative estimate of drug-likeness (QED) is 0.772. The van der Waals surface area contributed by atoms with Gasteiger partial charge in [-0.1, -0.05) is 19.9 Å². The standard InChI is InChI=1S/C20H30O3/c1-19-8-6-13(21)10-12(19)11-16(23-3)18-14-4-5-17(22)20(14,2)9-7-15(18)19/h6,8,10,12,14-18,21-22H,4-5,7,9,11H2,1-3H3/t12?,14-,15+,16?,17?,18-,19-,20-/m0/s1. The average Bonchev–Trinajstić information content (AvgIpc) is 2.83. The number of fused-ring (bicyclic) bond motifs is 5. The Kier molecular flexibility index (Phi) is 3.48. The van der Waals surface area contributed by atoms with Gasteiger partial charge in [0.05, 0.1) is 12.2 Å². The lowest BCUT2D eigenvalue weighted by molar-refractivity contribution is -0.147. The molecule has 0 bridgehead atoms. The molecule has 4 rings (SSSR count). The predicted molar refractivity (Wildman–Crippen MR) is 89.9 cm³/mol. The molecular formula is C20H30O3. The van der Waals surface area contributed by atoms with E-state index < -0.39 is 0 Å². The summed E-state index contributed by atoms with van der Waals surface area (Å²) in [5, 5.41) is 20.5. The molecule has 0 aromatic rings. The molecule has 0 amide bonds. The van der Waals surface area contributed by atoms with E-state index in [1.165, 1.54) is 0 Å². The van der Waals surface area contributed by atoms with Gasteiger partial charge < -0.3 is 14.9 Å². The van der Waals surface area contributed by atoms with Gasteiger partial charge in [0.1, 0.15) is 5.76 Å². The summed E-state index contributed by atoms with van der Waals surface area (Å²) in [5.74, 6) is 2.42. The molecule has 3 saturated carbocycles. The van der Waals surface area contributed by atoms with Crippen LogP contribution in [0.2, 0.25) is 0 Å². The van der Waals surface area contributed by atoms with Crippen molar-refractivity contribution in [1.29, 1.82) is 0 Å². The van der Waals surface area contributed by atoms with E-state index in [0.29, 0.717) is 29.4 Å². The van der Waals surface area contributed by atoms with Crippen molar-refractivity contribution in [2.75, 3.05) is 7.11 Å². The van der Waals surface area contributed by atoms with Crippen LogP contribution in [0, 0.1) is 34.5 Å². The lowest BCUT2D eigenvalue weighted by Gasteiger charge is -2.60. The zero-order valence-corrected chi connectivity index (χ0v) is 14.5. The van der Waals surface area contributed by atoms with E-state index in [2.05, 4.69) is 19.9 Å².